The van der Waals surface area contributed by atoms with Crippen LogP contribution >= 0.6 is 0 Å². The summed E-state index contributed by atoms with van der Waals surface area (Å²) in [5, 5.41) is 0. The first-order valence-electron chi connectivity index (χ1n) is 0.698. The Morgan fingerprint density at radius 2 is 1.17 bits per heavy atom. The fraction of sp³-hybridized carbons (Fsp3) is 0. The third-order valence-electron chi connectivity index (χ3n) is 0. The SMILES string of the molecule is O=[Te](=O)(O)O.[AlH3]. The maximum atomic E-state index is 8.85. The molecule has 0 unspecified atom stereocenters. The molecule has 0 atom stereocenters. The van der Waals surface area contributed by atoms with E-state index in [4.69, 9.17) is 13.2 Å². The van der Waals surface area contributed by atoms with Crippen molar-refractivity contribution < 1.29 is 13.2 Å². The Kier molecular flexibility index (Phi) is 4.86. The first kappa shape index (κ1) is 9.96. The van der Waals surface area contributed by atoms with E-state index in [9.17, 15) is 0 Å². The van der Waals surface area contributed by atoms with E-state index in [1.165, 1.54) is 0 Å². The van der Waals surface area contributed by atoms with Crippen LogP contribution in [0, 0.1) is 0 Å². The summed E-state index contributed by atoms with van der Waals surface area (Å²) in [6.07, 6.45) is 0. The molecule has 0 aliphatic heterocycles. The van der Waals surface area contributed by atoms with Crippen molar-refractivity contribution in [3.05, 3.63) is 0 Å². The minimum absolute atomic E-state index is 0. The zero-order chi connectivity index (χ0) is 4.50. The van der Waals surface area contributed by atoms with Crippen molar-refractivity contribution in [3.8, 4) is 0 Å². The van der Waals surface area contributed by atoms with Gasteiger partial charge in [-0.25, -0.2) is 0 Å². The molecule has 0 fully saturated rings. The molecular weight excluding hydrogens is 219 g/mol. The van der Waals surface area contributed by atoms with E-state index in [0.717, 1.165) is 0 Å². The summed E-state index contributed by atoms with van der Waals surface area (Å²) in [5.41, 5.74) is 0. The zero-order valence-electron chi connectivity index (χ0n) is 2.12. The van der Waals surface area contributed by atoms with Crippen molar-refractivity contribution in [2.45, 2.75) is 0 Å². The van der Waals surface area contributed by atoms with Gasteiger partial charge in [0.15, 0.2) is 17.4 Å². The number of rotatable bonds is 0. The minimum atomic E-state index is -5.52. The van der Waals surface area contributed by atoms with Crippen molar-refractivity contribution in [2.75, 3.05) is 0 Å². The Morgan fingerprint density at radius 3 is 1.17 bits per heavy atom. The molecule has 4 nitrogen and oxygen atoms in total. The van der Waals surface area contributed by atoms with Gasteiger partial charge in [0.25, 0.3) is 0 Å². The van der Waals surface area contributed by atoms with E-state index in [2.05, 4.69) is 0 Å². The molecular formula is H5AlO4Te. The van der Waals surface area contributed by atoms with Crippen LogP contribution in [0.2, 0.25) is 0 Å². The van der Waals surface area contributed by atoms with Crippen LogP contribution in [-0.2, 0) is 6.21 Å². The molecule has 0 aliphatic carbocycles. The molecule has 38 valence electrons. The van der Waals surface area contributed by atoms with E-state index in [0.29, 0.717) is 0 Å². The predicted octanol–water partition coefficient (Wildman–Crippen LogP) is -2.92. The van der Waals surface area contributed by atoms with Crippen molar-refractivity contribution in [1.29, 1.82) is 0 Å². The van der Waals surface area contributed by atoms with Gasteiger partial charge in [-0.3, -0.25) is 0 Å². The average molecular weight is 224 g/mol. The molecule has 0 aliphatic rings. The average Bonchev–Trinajstić information content (AvgIpc) is 0.722. The van der Waals surface area contributed by atoms with Crippen LogP contribution < -0.4 is 0 Å². The topological polar surface area (TPSA) is 74.6 Å². The van der Waals surface area contributed by atoms with Gasteiger partial charge in [0, 0.05) is 0 Å². The van der Waals surface area contributed by atoms with Crippen LogP contribution in [0.4, 0.5) is 0 Å². The van der Waals surface area contributed by atoms with Crippen molar-refractivity contribution in [2.24, 2.45) is 0 Å². The van der Waals surface area contributed by atoms with Gasteiger partial charge in [-0.2, -0.15) is 0 Å². The molecule has 0 aromatic carbocycles. The summed E-state index contributed by atoms with van der Waals surface area (Å²) in [7, 11) is 0. The van der Waals surface area contributed by atoms with Crippen molar-refractivity contribution >= 4 is 36.3 Å². The predicted molar refractivity (Wildman–Crippen MR) is 21.5 cm³/mol. The normalized spacial score (nSPS) is 9.67. The second kappa shape index (κ2) is 2.93. The molecule has 0 aromatic heterocycles. The van der Waals surface area contributed by atoms with E-state index in [1.807, 2.05) is 0 Å². The fourth-order valence-electron chi connectivity index (χ4n) is 0. The van der Waals surface area contributed by atoms with E-state index in [1.54, 1.807) is 0 Å². The Balaban J connectivity index is 0. The van der Waals surface area contributed by atoms with Gasteiger partial charge >= 0.3 is 32.1 Å². The van der Waals surface area contributed by atoms with Crippen LogP contribution in [0.25, 0.3) is 0 Å². The molecule has 6 heavy (non-hydrogen) atoms. The van der Waals surface area contributed by atoms with Crippen LogP contribution in [0.3, 0.4) is 0 Å². The minimum Gasteiger partial charge on any atom is 0.187 e. The molecule has 0 spiro atoms. The van der Waals surface area contributed by atoms with Gasteiger partial charge in [0.2, 0.25) is 0 Å². The molecule has 0 saturated carbocycles. The molecule has 0 radical (unpaired) electrons. The Morgan fingerprint density at radius 1 is 1.17 bits per heavy atom. The van der Waals surface area contributed by atoms with Crippen molar-refractivity contribution in [1.82, 2.24) is 0 Å². The summed E-state index contributed by atoms with van der Waals surface area (Å²) in [4.78, 5) is 0. The number of hydrogen-bond acceptors (Lipinski definition) is 2. The Bertz CT molecular complexity index is 90.7. The maximum Gasteiger partial charge on any atom is 0.187 e. The van der Waals surface area contributed by atoms with Gasteiger partial charge in [0.05, 0.1) is 0 Å². The summed E-state index contributed by atoms with van der Waals surface area (Å²) < 4.78 is 32.0. The van der Waals surface area contributed by atoms with Crippen LogP contribution in [0.1, 0.15) is 0 Å². The zero-order valence-corrected chi connectivity index (χ0v) is 4.45. The smallest absolute Gasteiger partial charge is 0.187 e. The molecule has 0 saturated heterocycles. The quantitative estimate of drug-likeness (QED) is 0.432. The summed E-state index contributed by atoms with van der Waals surface area (Å²) >= 11 is -5.52. The van der Waals surface area contributed by atoms with Gasteiger partial charge in [-0.15, -0.1) is 0 Å². The van der Waals surface area contributed by atoms with Crippen LogP contribution in [-0.4, -0.2) is 43.3 Å². The van der Waals surface area contributed by atoms with E-state index < -0.39 is 19.0 Å². The van der Waals surface area contributed by atoms with Crippen molar-refractivity contribution in [3.63, 3.8) is 0 Å². The Hall–Kier alpha value is 0.842. The van der Waals surface area contributed by atoms with E-state index in [-0.39, 0.29) is 17.4 Å². The molecule has 2 N–H and O–H groups in total. The monoisotopic (exact) mass is 226 g/mol. The third-order valence-corrected chi connectivity index (χ3v) is 0. The summed E-state index contributed by atoms with van der Waals surface area (Å²) in [6, 6.07) is 0. The molecule has 0 aromatic rings. The van der Waals surface area contributed by atoms with Crippen LogP contribution in [0.5, 0.6) is 0 Å². The van der Waals surface area contributed by atoms with Gasteiger partial charge in [-0.1, -0.05) is 0 Å². The first-order valence-corrected chi connectivity index (χ1v) is 4.69. The second-order valence-corrected chi connectivity index (χ2v) is 3.00. The van der Waals surface area contributed by atoms with Gasteiger partial charge in [0.1, 0.15) is 0 Å². The van der Waals surface area contributed by atoms with Gasteiger partial charge in [-0.05, 0) is 0 Å². The summed E-state index contributed by atoms with van der Waals surface area (Å²) in [5.74, 6) is 0. The fourth-order valence-corrected chi connectivity index (χ4v) is 0. The molecule has 0 amide bonds. The van der Waals surface area contributed by atoms with Crippen LogP contribution in [0.15, 0.2) is 0 Å². The third kappa shape index (κ3) is 101. The summed E-state index contributed by atoms with van der Waals surface area (Å²) in [6.45, 7) is 0. The Labute approximate surface area is 49.6 Å². The first-order chi connectivity index (χ1) is 2.00. The second-order valence-electron chi connectivity index (χ2n) is 0.448. The standard InChI is InChI=1S/Al.H2O4Te.3H/c;1-5(2,3)4;;;/h;(H2,1,2,3,4);;;. The molecule has 0 rings (SSSR count). The van der Waals surface area contributed by atoms with Gasteiger partial charge < -0.3 is 0 Å². The largest absolute Gasteiger partial charge is 0.187 e. The van der Waals surface area contributed by atoms with E-state index >= 15 is 0 Å². The molecule has 6 heteroatoms. The molecule has 0 bridgehead atoms. The number of hydrogen-bond donors (Lipinski definition) is 2. The molecule has 0 heterocycles. The maximum absolute atomic E-state index is 8.85.